The summed E-state index contributed by atoms with van der Waals surface area (Å²) in [5.41, 5.74) is 1.49. The number of para-hydroxylation sites is 1. The van der Waals surface area contributed by atoms with Gasteiger partial charge >= 0.3 is 5.97 Å². The Hall–Kier alpha value is -1.81. The quantitative estimate of drug-likeness (QED) is 0.671. The molecule has 2 aromatic rings. The average molecular weight is 191 g/mol. The number of carbonyl (C=O) groups is 1. The highest BCUT2D eigenvalue weighted by atomic mass is 16.4. The molecule has 4 heteroatoms. The van der Waals surface area contributed by atoms with Gasteiger partial charge in [0.1, 0.15) is 0 Å². The summed E-state index contributed by atoms with van der Waals surface area (Å²) in [4.78, 5) is 13.7. The molecule has 0 atom stereocenters. The molecule has 0 radical (unpaired) electrons. The van der Waals surface area contributed by atoms with E-state index in [0.29, 0.717) is 11.1 Å². The van der Waals surface area contributed by atoms with E-state index in [2.05, 4.69) is 4.98 Å². The fourth-order valence-corrected chi connectivity index (χ4v) is 1.52. The second kappa shape index (κ2) is 3.16. The molecule has 0 saturated carbocycles. The number of aliphatic hydroxyl groups is 1. The largest absolute Gasteiger partial charge is 0.478 e. The molecule has 2 rings (SSSR count). The van der Waals surface area contributed by atoms with Crippen molar-refractivity contribution >= 4 is 16.9 Å². The molecule has 0 aliphatic heterocycles. The highest BCUT2D eigenvalue weighted by molar-refractivity contribution is 6.02. The molecule has 3 N–H and O–H groups in total. The molecular weight excluding hydrogens is 182 g/mol. The number of fused-ring (bicyclic) bond motifs is 1. The van der Waals surface area contributed by atoms with E-state index in [1.165, 1.54) is 6.07 Å². The van der Waals surface area contributed by atoms with Gasteiger partial charge in [0.25, 0.3) is 0 Å². The van der Waals surface area contributed by atoms with Gasteiger partial charge in [-0.3, -0.25) is 0 Å². The Kier molecular flexibility index (Phi) is 1.98. The lowest BCUT2D eigenvalue weighted by Gasteiger charge is -1.97. The monoisotopic (exact) mass is 191 g/mol. The van der Waals surface area contributed by atoms with Gasteiger partial charge in [0, 0.05) is 17.1 Å². The second-order valence-corrected chi connectivity index (χ2v) is 3.01. The van der Waals surface area contributed by atoms with E-state index in [4.69, 9.17) is 10.2 Å². The minimum atomic E-state index is -0.970. The summed E-state index contributed by atoms with van der Waals surface area (Å²) in [5.74, 6) is -0.970. The van der Waals surface area contributed by atoms with Crippen LogP contribution in [0.2, 0.25) is 0 Å². The number of hydrogen-bond acceptors (Lipinski definition) is 2. The highest BCUT2D eigenvalue weighted by Crippen LogP contribution is 2.21. The molecule has 4 nitrogen and oxygen atoms in total. The van der Waals surface area contributed by atoms with E-state index in [9.17, 15) is 4.79 Å². The van der Waals surface area contributed by atoms with Crippen LogP contribution in [0.5, 0.6) is 0 Å². The number of aliphatic hydroxyl groups excluding tert-OH is 1. The van der Waals surface area contributed by atoms with Gasteiger partial charge < -0.3 is 15.2 Å². The molecule has 0 saturated heterocycles. The number of nitrogens with one attached hydrogen (secondary N) is 1. The number of H-pyrrole nitrogens is 1. The fourth-order valence-electron chi connectivity index (χ4n) is 1.52. The van der Waals surface area contributed by atoms with Gasteiger partial charge in [-0.1, -0.05) is 12.1 Å². The Bertz CT molecular complexity index is 487. The SMILES string of the molecule is O=C(O)c1cccc2c(CO)c[nH]c12. The summed E-state index contributed by atoms with van der Waals surface area (Å²) in [6.45, 7) is -0.0942. The molecular formula is C10H9NO3. The zero-order valence-corrected chi connectivity index (χ0v) is 7.32. The van der Waals surface area contributed by atoms with Crippen molar-refractivity contribution in [1.82, 2.24) is 4.98 Å². The van der Waals surface area contributed by atoms with Crippen molar-refractivity contribution in [3.8, 4) is 0 Å². The van der Waals surface area contributed by atoms with E-state index < -0.39 is 5.97 Å². The van der Waals surface area contributed by atoms with Gasteiger partial charge in [-0.2, -0.15) is 0 Å². The maximum atomic E-state index is 10.8. The number of aromatic amines is 1. The van der Waals surface area contributed by atoms with Crippen molar-refractivity contribution in [2.75, 3.05) is 0 Å². The minimum Gasteiger partial charge on any atom is -0.478 e. The maximum Gasteiger partial charge on any atom is 0.337 e. The van der Waals surface area contributed by atoms with Crippen LogP contribution in [0.15, 0.2) is 24.4 Å². The molecule has 1 heterocycles. The zero-order chi connectivity index (χ0) is 10.1. The Morgan fingerprint density at radius 1 is 1.43 bits per heavy atom. The predicted molar refractivity (Wildman–Crippen MR) is 51.2 cm³/mol. The lowest BCUT2D eigenvalue weighted by molar-refractivity contribution is 0.0699. The Balaban J connectivity index is 2.76. The van der Waals surface area contributed by atoms with Gasteiger partial charge in [0.2, 0.25) is 0 Å². The van der Waals surface area contributed by atoms with Crippen molar-refractivity contribution in [2.45, 2.75) is 6.61 Å². The van der Waals surface area contributed by atoms with Crippen molar-refractivity contribution in [3.63, 3.8) is 0 Å². The third kappa shape index (κ3) is 1.16. The van der Waals surface area contributed by atoms with Crippen LogP contribution in [-0.4, -0.2) is 21.2 Å². The number of carboxylic acid groups (broad SMARTS) is 1. The van der Waals surface area contributed by atoms with Gasteiger partial charge in [-0.25, -0.2) is 4.79 Å². The molecule has 14 heavy (non-hydrogen) atoms. The van der Waals surface area contributed by atoms with E-state index in [1.54, 1.807) is 18.3 Å². The average Bonchev–Trinajstić information content (AvgIpc) is 2.59. The molecule has 0 bridgehead atoms. The van der Waals surface area contributed by atoms with Crippen LogP contribution in [0, 0.1) is 0 Å². The first-order chi connectivity index (χ1) is 6.74. The van der Waals surface area contributed by atoms with E-state index in [-0.39, 0.29) is 12.2 Å². The lowest BCUT2D eigenvalue weighted by Crippen LogP contribution is -1.96. The van der Waals surface area contributed by atoms with E-state index in [1.807, 2.05) is 0 Å². The normalized spacial score (nSPS) is 10.6. The number of aromatic nitrogens is 1. The first-order valence-electron chi connectivity index (χ1n) is 4.17. The van der Waals surface area contributed by atoms with Crippen molar-refractivity contribution in [3.05, 3.63) is 35.5 Å². The molecule has 0 unspecified atom stereocenters. The summed E-state index contributed by atoms with van der Waals surface area (Å²) in [6, 6.07) is 4.98. The Morgan fingerprint density at radius 3 is 2.86 bits per heavy atom. The lowest BCUT2D eigenvalue weighted by atomic mass is 10.1. The molecule has 0 aliphatic carbocycles. The molecule has 0 amide bonds. The van der Waals surface area contributed by atoms with Gasteiger partial charge in [0.15, 0.2) is 0 Å². The summed E-state index contributed by atoms with van der Waals surface area (Å²) < 4.78 is 0. The fraction of sp³-hybridized carbons (Fsp3) is 0.100. The molecule has 0 fully saturated rings. The van der Waals surface area contributed by atoms with Crippen LogP contribution in [-0.2, 0) is 6.61 Å². The van der Waals surface area contributed by atoms with Crippen molar-refractivity contribution in [2.24, 2.45) is 0 Å². The zero-order valence-electron chi connectivity index (χ0n) is 7.32. The molecule has 1 aromatic heterocycles. The molecule has 0 spiro atoms. The molecule has 72 valence electrons. The van der Waals surface area contributed by atoms with Crippen LogP contribution in [0.4, 0.5) is 0 Å². The minimum absolute atomic E-state index is 0.0942. The van der Waals surface area contributed by atoms with Crippen LogP contribution >= 0.6 is 0 Å². The third-order valence-electron chi connectivity index (χ3n) is 2.20. The van der Waals surface area contributed by atoms with E-state index in [0.717, 1.165) is 5.39 Å². The number of carboxylic acids is 1. The molecule has 1 aromatic carbocycles. The van der Waals surface area contributed by atoms with Crippen LogP contribution < -0.4 is 0 Å². The predicted octanol–water partition coefficient (Wildman–Crippen LogP) is 1.36. The summed E-state index contributed by atoms with van der Waals surface area (Å²) >= 11 is 0. The summed E-state index contributed by atoms with van der Waals surface area (Å²) in [5, 5.41) is 18.6. The summed E-state index contributed by atoms with van der Waals surface area (Å²) in [7, 11) is 0. The van der Waals surface area contributed by atoms with Crippen molar-refractivity contribution in [1.29, 1.82) is 0 Å². The van der Waals surface area contributed by atoms with Gasteiger partial charge in [-0.15, -0.1) is 0 Å². The Morgan fingerprint density at radius 2 is 2.21 bits per heavy atom. The topological polar surface area (TPSA) is 73.3 Å². The maximum absolute atomic E-state index is 10.8. The standard InChI is InChI=1S/C10H9NO3/c12-5-6-4-11-9-7(6)2-1-3-8(9)10(13)14/h1-4,11-12H,5H2,(H,13,14). The molecule has 0 aliphatic rings. The second-order valence-electron chi connectivity index (χ2n) is 3.01. The number of hydrogen-bond donors (Lipinski definition) is 3. The number of aromatic carboxylic acids is 1. The highest BCUT2D eigenvalue weighted by Gasteiger charge is 2.10. The first-order valence-corrected chi connectivity index (χ1v) is 4.17. The van der Waals surface area contributed by atoms with Crippen LogP contribution in [0.25, 0.3) is 10.9 Å². The van der Waals surface area contributed by atoms with Gasteiger partial charge in [0.05, 0.1) is 17.7 Å². The smallest absolute Gasteiger partial charge is 0.337 e. The summed E-state index contributed by atoms with van der Waals surface area (Å²) in [6.07, 6.45) is 1.62. The first kappa shape index (κ1) is 8.77. The number of rotatable bonds is 2. The van der Waals surface area contributed by atoms with Gasteiger partial charge in [-0.05, 0) is 6.07 Å². The Labute approximate surface area is 79.8 Å². The van der Waals surface area contributed by atoms with E-state index >= 15 is 0 Å². The van der Waals surface area contributed by atoms with Crippen LogP contribution in [0.3, 0.4) is 0 Å². The van der Waals surface area contributed by atoms with Crippen LogP contribution in [0.1, 0.15) is 15.9 Å². The third-order valence-corrected chi connectivity index (χ3v) is 2.20. The van der Waals surface area contributed by atoms with Crippen molar-refractivity contribution < 1.29 is 15.0 Å². The number of benzene rings is 1.